The summed E-state index contributed by atoms with van der Waals surface area (Å²) >= 11 is 0. The number of carbonyl (C=O) groups is 1. The molecular formula is C15H19NO2. The minimum absolute atomic E-state index is 0.0789. The van der Waals surface area contributed by atoms with Crippen LogP contribution in [0, 0.1) is 5.92 Å². The van der Waals surface area contributed by atoms with Crippen molar-refractivity contribution in [2.45, 2.75) is 25.4 Å². The minimum Gasteiger partial charge on any atom is -0.461 e. The molecule has 0 aliphatic carbocycles. The average molecular weight is 245 g/mol. The van der Waals surface area contributed by atoms with E-state index in [0.29, 0.717) is 11.8 Å². The van der Waals surface area contributed by atoms with Crippen LogP contribution in [0.5, 0.6) is 0 Å². The maximum absolute atomic E-state index is 11.2. The van der Waals surface area contributed by atoms with Crippen molar-refractivity contribution in [3.63, 3.8) is 0 Å². The van der Waals surface area contributed by atoms with Crippen molar-refractivity contribution in [3.8, 4) is 0 Å². The molecule has 1 aromatic carbocycles. The van der Waals surface area contributed by atoms with Crippen LogP contribution in [-0.4, -0.2) is 36.6 Å². The number of rotatable bonds is 2. The summed E-state index contributed by atoms with van der Waals surface area (Å²) in [6.07, 6.45) is 1.22. The molecule has 4 rings (SSSR count). The Morgan fingerprint density at radius 3 is 2.72 bits per heavy atom. The van der Waals surface area contributed by atoms with Crippen LogP contribution in [0.2, 0.25) is 0 Å². The third-order valence-electron chi connectivity index (χ3n) is 4.21. The number of hydrogen-bond acceptors (Lipinski definition) is 3. The molecule has 0 saturated carbocycles. The van der Waals surface area contributed by atoms with Crippen molar-refractivity contribution < 1.29 is 9.53 Å². The Hall–Kier alpha value is -1.35. The van der Waals surface area contributed by atoms with Crippen molar-refractivity contribution >= 4 is 5.97 Å². The molecule has 0 aromatic heterocycles. The quantitative estimate of drug-likeness (QED) is 0.747. The molecular weight excluding hydrogens is 226 g/mol. The van der Waals surface area contributed by atoms with Crippen LogP contribution in [0.3, 0.4) is 0 Å². The normalized spacial score (nSPS) is 34.3. The van der Waals surface area contributed by atoms with Gasteiger partial charge in [0.2, 0.25) is 0 Å². The monoisotopic (exact) mass is 245 g/mol. The predicted octanol–water partition coefficient (Wildman–Crippen LogP) is 2.04. The van der Waals surface area contributed by atoms with Gasteiger partial charge in [-0.1, -0.05) is 30.3 Å². The zero-order valence-electron chi connectivity index (χ0n) is 10.7. The highest BCUT2D eigenvalue weighted by atomic mass is 16.5. The fourth-order valence-corrected chi connectivity index (χ4v) is 3.43. The molecule has 3 nitrogen and oxygen atoms in total. The molecule has 3 saturated heterocycles. The van der Waals surface area contributed by atoms with Gasteiger partial charge in [0.05, 0.1) is 0 Å². The van der Waals surface area contributed by atoms with Crippen LogP contribution in [-0.2, 0) is 9.53 Å². The first-order chi connectivity index (χ1) is 8.74. The molecule has 2 bridgehead atoms. The molecule has 0 amide bonds. The lowest BCUT2D eigenvalue weighted by Gasteiger charge is -2.49. The summed E-state index contributed by atoms with van der Waals surface area (Å²) in [7, 11) is 0. The largest absolute Gasteiger partial charge is 0.461 e. The van der Waals surface area contributed by atoms with Crippen LogP contribution >= 0.6 is 0 Å². The topological polar surface area (TPSA) is 29.5 Å². The Morgan fingerprint density at radius 1 is 1.28 bits per heavy atom. The van der Waals surface area contributed by atoms with Crippen molar-refractivity contribution in [2.75, 3.05) is 19.6 Å². The molecule has 3 heteroatoms. The third kappa shape index (κ3) is 2.15. The van der Waals surface area contributed by atoms with Crippen LogP contribution in [0.4, 0.5) is 0 Å². The fourth-order valence-electron chi connectivity index (χ4n) is 3.43. The van der Waals surface area contributed by atoms with Gasteiger partial charge in [0, 0.05) is 31.8 Å². The average Bonchev–Trinajstić information content (AvgIpc) is 2.39. The molecule has 96 valence electrons. The number of hydrogen-bond donors (Lipinski definition) is 0. The lowest BCUT2D eigenvalue weighted by Crippen LogP contribution is -2.55. The fraction of sp³-hybridized carbons (Fsp3) is 0.533. The Bertz CT molecular complexity index is 431. The molecule has 0 radical (unpaired) electrons. The first kappa shape index (κ1) is 11.7. The van der Waals surface area contributed by atoms with E-state index in [4.69, 9.17) is 4.74 Å². The van der Waals surface area contributed by atoms with E-state index in [-0.39, 0.29) is 12.1 Å². The highest BCUT2D eigenvalue weighted by Gasteiger charge is 2.43. The van der Waals surface area contributed by atoms with E-state index in [1.54, 1.807) is 0 Å². The van der Waals surface area contributed by atoms with Crippen LogP contribution in [0.25, 0.3) is 0 Å². The summed E-state index contributed by atoms with van der Waals surface area (Å²) in [4.78, 5) is 13.6. The number of ether oxygens (including phenoxy) is 1. The van der Waals surface area contributed by atoms with Gasteiger partial charge in [-0.15, -0.1) is 0 Å². The van der Waals surface area contributed by atoms with E-state index in [0.717, 1.165) is 26.1 Å². The van der Waals surface area contributed by atoms with E-state index < -0.39 is 0 Å². The molecule has 3 heterocycles. The molecule has 3 aliphatic rings. The molecule has 4 atom stereocenters. The summed E-state index contributed by atoms with van der Waals surface area (Å²) in [5.41, 5.74) is 1.38. The van der Waals surface area contributed by atoms with Gasteiger partial charge in [-0.3, -0.25) is 9.69 Å². The second-order valence-corrected chi connectivity index (χ2v) is 5.38. The summed E-state index contributed by atoms with van der Waals surface area (Å²) in [6, 6.07) is 10.6. The molecule has 18 heavy (non-hydrogen) atoms. The van der Waals surface area contributed by atoms with Gasteiger partial charge in [-0.25, -0.2) is 0 Å². The van der Waals surface area contributed by atoms with Gasteiger partial charge >= 0.3 is 5.97 Å². The molecule has 0 N–H and O–H groups in total. The summed E-state index contributed by atoms with van der Waals surface area (Å²) in [5, 5.41) is 0. The van der Waals surface area contributed by atoms with Gasteiger partial charge in [0.25, 0.3) is 0 Å². The zero-order chi connectivity index (χ0) is 12.5. The Kier molecular flexibility index (Phi) is 3.08. The molecule has 0 spiro atoms. The first-order valence-electron chi connectivity index (χ1n) is 6.68. The van der Waals surface area contributed by atoms with Crippen LogP contribution in [0.15, 0.2) is 30.3 Å². The van der Waals surface area contributed by atoms with Crippen molar-refractivity contribution in [3.05, 3.63) is 35.9 Å². The van der Waals surface area contributed by atoms with E-state index in [2.05, 4.69) is 35.2 Å². The summed E-state index contributed by atoms with van der Waals surface area (Å²) in [5.74, 6) is 0.847. The Labute approximate surface area is 108 Å². The number of fused-ring (bicyclic) bond motifs is 3. The van der Waals surface area contributed by atoms with Crippen molar-refractivity contribution in [1.29, 1.82) is 0 Å². The number of esters is 1. The van der Waals surface area contributed by atoms with Gasteiger partial charge in [-0.2, -0.15) is 0 Å². The van der Waals surface area contributed by atoms with Gasteiger partial charge in [-0.05, 0) is 18.5 Å². The minimum atomic E-state index is -0.152. The first-order valence-corrected chi connectivity index (χ1v) is 6.68. The zero-order valence-corrected chi connectivity index (χ0v) is 10.7. The smallest absolute Gasteiger partial charge is 0.302 e. The van der Waals surface area contributed by atoms with Gasteiger partial charge in [0.1, 0.15) is 6.10 Å². The highest BCUT2D eigenvalue weighted by Crippen LogP contribution is 2.40. The highest BCUT2D eigenvalue weighted by molar-refractivity contribution is 5.66. The van der Waals surface area contributed by atoms with E-state index in [1.165, 1.54) is 12.5 Å². The van der Waals surface area contributed by atoms with Crippen LogP contribution in [0.1, 0.15) is 24.8 Å². The number of carbonyl (C=O) groups excluding carboxylic acids is 1. The number of benzene rings is 1. The standard InChI is InChI=1S/C15H19NO2/c1-11(17)18-15-10-16-8-7-13(15)14(9-16)12-5-3-2-4-6-12/h2-6,13-15H,7-10H2,1H3/t13-,14-,15-/m1/s1. The molecule has 3 aliphatic heterocycles. The summed E-state index contributed by atoms with van der Waals surface area (Å²) < 4.78 is 5.50. The maximum Gasteiger partial charge on any atom is 0.302 e. The van der Waals surface area contributed by atoms with Crippen LogP contribution < -0.4 is 0 Å². The third-order valence-corrected chi connectivity index (χ3v) is 4.21. The lowest BCUT2D eigenvalue weighted by atomic mass is 9.74. The van der Waals surface area contributed by atoms with E-state index in [1.807, 2.05) is 0 Å². The maximum atomic E-state index is 11.2. The number of piperidine rings is 3. The second kappa shape index (κ2) is 4.73. The van der Waals surface area contributed by atoms with E-state index >= 15 is 0 Å². The lowest BCUT2D eigenvalue weighted by molar-refractivity contribution is -0.157. The Balaban J connectivity index is 1.82. The van der Waals surface area contributed by atoms with Crippen molar-refractivity contribution in [1.82, 2.24) is 4.90 Å². The molecule has 1 unspecified atom stereocenters. The van der Waals surface area contributed by atoms with E-state index in [9.17, 15) is 4.79 Å². The van der Waals surface area contributed by atoms with Gasteiger partial charge in [0.15, 0.2) is 0 Å². The second-order valence-electron chi connectivity index (χ2n) is 5.38. The van der Waals surface area contributed by atoms with Crippen molar-refractivity contribution in [2.24, 2.45) is 5.92 Å². The summed E-state index contributed by atoms with van der Waals surface area (Å²) in [6.45, 7) is 4.67. The molecule has 1 aromatic rings. The SMILES string of the molecule is CC(=O)O[C@@H]1CN2CC[C@@H]1[C@@H](c1ccccc1)C2. The molecule has 3 fully saturated rings. The Morgan fingerprint density at radius 2 is 2.06 bits per heavy atom. The van der Waals surface area contributed by atoms with Gasteiger partial charge < -0.3 is 4.74 Å². The predicted molar refractivity (Wildman–Crippen MR) is 69.3 cm³/mol. The number of nitrogens with zero attached hydrogens (tertiary/aromatic N) is 1.